The normalized spacial score (nSPS) is 13.4. The van der Waals surface area contributed by atoms with E-state index in [4.69, 9.17) is 5.73 Å². The van der Waals surface area contributed by atoms with Gasteiger partial charge in [0.15, 0.2) is 0 Å². The minimum absolute atomic E-state index is 0.412. The SMILES string of the molecule is CCCN(CC)C(CN)c1sccc1C. The monoisotopic (exact) mass is 226 g/mol. The number of nitrogens with zero attached hydrogens (tertiary/aromatic N) is 1. The summed E-state index contributed by atoms with van der Waals surface area (Å²) >= 11 is 1.83. The first-order valence-corrected chi connectivity index (χ1v) is 6.60. The van der Waals surface area contributed by atoms with E-state index in [9.17, 15) is 0 Å². The van der Waals surface area contributed by atoms with Gasteiger partial charge in [-0.15, -0.1) is 11.3 Å². The van der Waals surface area contributed by atoms with E-state index in [0.717, 1.165) is 19.6 Å². The minimum atomic E-state index is 0.412. The molecule has 86 valence electrons. The summed E-state index contributed by atoms with van der Waals surface area (Å²) in [6.07, 6.45) is 1.19. The van der Waals surface area contributed by atoms with E-state index < -0.39 is 0 Å². The fraction of sp³-hybridized carbons (Fsp3) is 0.667. The van der Waals surface area contributed by atoms with Crippen molar-refractivity contribution in [1.29, 1.82) is 0 Å². The number of likely N-dealkylation sites (N-methyl/N-ethyl adjacent to an activating group) is 1. The molecule has 0 saturated carbocycles. The quantitative estimate of drug-likeness (QED) is 0.808. The van der Waals surface area contributed by atoms with Crippen LogP contribution in [0.3, 0.4) is 0 Å². The van der Waals surface area contributed by atoms with Crippen LogP contribution in [-0.4, -0.2) is 24.5 Å². The van der Waals surface area contributed by atoms with E-state index in [1.54, 1.807) is 0 Å². The van der Waals surface area contributed by atoms with Crippen molar-refractivity contribution < 1.29 is 0 Å². The van der Waals surface area contributed by atoms with Gasteiger partial charge < -0.3 is 5.73 Å². The Morgan fingerprint density at radius 2 is 2.20 bits per heavy atom. The molecule has 3 heteroatoms. The van der Waals surface area contributed by atoms with Gasteiger partial charge in [-0.3, -0.25) is 4.90 Å². The molecule has 0 aliphatic carbocycles. The second-order valence-corrected chi connectivity index (χ2v) is 4.80. The standard InChI is InChI=1S/C12H22N2S/c1-4-7-14(5-2)11(9-13)12-10(3)6-8-15-12/h6,8,11H,4-5,7,9,13H2,1-3H3. The highest BCUT2D eigenvalue weighted by molar-refractivity contribution is 7.10. The number of hydrogen-bond donors (Lipinski definition) is 1. The molecule has 2 nitrogen and oxygen atoms in total. The molecule has 2 N–H and O–H groups in total. The maximum Gasteiger partial charge on any atom is 0.0566 e. The van der Waals surface area contributed by atoms with Crippen LogP contribution in [0.5, 0.6) is 0 Å². The summed E-state index contributed by atoms with van der Waals surface area (Å²) in [7, 11) is 0. The van der Waals surface area contributed by atoms with Gasteiger partial charge in [-0.2, -0.15) is 0 Å². The molecule has 1 unspecified atom stereocenters. The lowest BCUT2D eigenvalue weighted by atomic mass is 10.1. The van der Waals surface area contributed by atoms with Crippen LogP contribution in [0.25, 0.3) is 0 Å². The van der Waals surface area contributed by atoms with E-state index in [0.29, 0.717) is 6.04 Å². The highest BCUT2D eigenvalue weighted by atomic mass is 32.1. The second-order valence-electron chi connectivity index (χ2n) is 3.85. The first kappa shape index (κ1) is 12.7. The van der Waals surface area contributed by atoms with Crippen molar-refractivity contribution in [3.63, 3.8) is 0 Å². The number of hydrogen-bond acceptors (Lipinski definition) is 3. The molecule has 1 rings (SSSR count). The zero-order valence-corrected chi connectivity index (χ0v) is 10.8. The van der Waals surface area contributed by atoms with Crippen LogP contribution in [0.1, 0.15) is 36.8 Å². The van der Waals surface area contributed by atoms with E-state index in [2.05, 4.69) is 37.1 Å². The number of rotatable bonds is 6. The van der Waals surface area contributed by atoms with E-state index >= 15 is 0 Å². The third-order valence-corrected chi connectivity index (χ3v) is 3.91. The van der Waals surface area contributed by atoms with Gasteiger partial charge in [0.05, 0.1) is 6.04 Å². The van der Waals surface area contributed by atoms with Gasteiger partial charge in [-0.1, -0.05) is 13.8 Å². The van der Waals surface area contributed by atoms with Gasteiger partial charge in [0.25, 0.3) is 0 Å². The van der Waals surface area contributed by atoms with Crippen molar-refractivity contribution in [3.8, 4) is 0 Å². The molecule has 0 fully saturated rings. The van der Waals surface area contributed by atoms with Crippen LogP contribution in [0.15, 0.2) is 11.4 Å². The summed E-state index contributed by atoms with van der Waals surface area (Å²) in [4.78, 5) is 3.91. The molecule has 1 aromatic rings. The van der Waals surface area contributed by atoms with Gasteiger partial charge in [0.1, 0.15) is 0 Å². The minimum Gasteiger partial charge on any atom is -0.329 e. The fourth-order valence-electron chi connectivity index (χ4n) is 1.97. The van der Waals surface area contributed by atoms with Crippen molar-refractivity contribution in [1.82, 2.24) is 4.90 Å². The first-order valence-electron chi connectivity index (χ1n) is 5.72. The number of nitrogens with two attached hydrogens (primary N) is 1. The molecule has 1 aromatic heterocycles. The zero-order valence-electron chi connectivity index (χ0n) is 9.99. The van der Waals surface area contributed by atoms with E-state index in [1.807, 2.05) is 11.3 Å². The van der Waals surface area contributed by atoms with Gasteiger partial charge >= 0.3 is 0 Å². The molecular formula is C12H22N2S. The van der Waals surface area contributed by atoms with Crippen LogP contribution < -0.4 is 5.73 Å². The van der Waals surface area contributed by atoms with E-state index in [1.165, 1.54) is 16.9 Å². The molecule has 0 spiro atoms. The Kier molecular flexibility index (Phi) is 5.29. The Labute approximate surface area is 97.1 Å². The maximum absolute atomic E-state index is 5.90. The molecule has 0 bridgehead atoms. The van der Waals surface area contributed by atoms with Crippen molar-refractivity contribution >= 4 is 11.3 Å². The van der Waals surface area contributed by atoms with Gasteiger partial charge in [0.2, 0.25) is 0 Å². The Balaban J connectivity index is 2.82. The summed E-state index contributed by atoms with van der Waals surface area (Å²) in [5.74, 6) is 0. The molecule has 15 heavy (non-hydrogen) atoms. The van der Waals surface area contributed by atoms with Crippen LogP contribution in [0.4, 0.5) is 0 Å². The number of aryl methyl sites for hydroxylation is 1. The molecule has 0 saturated heterocycles. The molecule has 1 atom stereocenters. The van der Waals surface area contributed by atoms with Crippen molar-refractivity contribution in [2.45, 2.75) is 33.2 Å². The average Bonchev–Trinajstić information content (AvgIpc) is 2.65. The zero-order chi connectivity index (χ0) is 11.3. The molecular weight excluding hydrogens is 204 g/mol. The highest BCUT2D eigenvalue weighted by Crippen LogP contribution is 2.27. The predicted molar refractivity (Wildman–Crippen MR) is 68.4 cm³/mol. The Morgan fingerprint density at radius 3 is 2.60 bits per heavy atom. The molecule has 1 heterocycles. The second kappa shape index (κ2) is 6.26. The molecule has 0 aliphatic heterocycles. The van der Waals surface area contributed by atoms with E-state index in [-0.39, 0.29) is 0 Å². The van der Waals surface area contributed by atoms with Crippen LogP contribution >= 0.6 is 11.3 Å². The van der Waals surface area contributed by atoms with Crippen molar-refractivity contribution in [2.75, 3.05) is 19.6 Å². The maximum atomic E-state index is 5.90. The molecule has 0 radical (unpaired) electrons. The average molecular weight is 226 g/mol. The Hall–Kier alpha value is -0.380. The van der Waals surface area contributed by atoms with Crippen molar-refractivity contribution in [2.24, 2.45) is 5.73 Å². The summed E-state index contributed by atoms with van der Waals surface area (Å²) in [6.45, 7) is 9.53. The summed E-state index contributed by atoms with van der Waals surface area (Å²) in [5, 5.41) is 2.16. The lowest BCUT2D eigenvalue weighted by Gasteiger charge is -2.29. The van der Waals surface area contributed by atoms with Crippen LogP contribution in [0.2, 0.25) is 0 Å². The predicted octanol–water partition coefficient (Wildman–Crippen LogP) is 2.79. The third-order valence-electron chi connectivity index (χ3n) is 2.79. The summed E-state index contributed by atoms with van der Waals surface area (Å²) in [5.41, 5.74) is 7.28. The largest absolute Gasteiger partial charge is 0.329 e. The molecule has 0 aromatic carbocycles. The lowest BCUT2D eigenvalue weighted by Crippen LogP contribution is -2.34. The smallest absolute Gasteiger partial charge is 0.0566 e. The van der Waals surface area contributed by atoms with Crippen molar-refractivity contribution in [3.05, 3.63) is 21.9 Å². The van der Waals surface area contributed by atoms with Gasteiger partial charge in [-0.05, 0) is 43.4 Å². The summed E-state index contributed by atoms with van der Waals surface area (Å²) < 4.78 is 0. The highest BCUT2D eigenvalue weighted by Gasteiger charge is 2.19. The third kappa shape index (κ3) is 3.03. The Bertz CT molecular complexity index is 283. The number of thiophene rings is 1. The van der Waals surface area contributed by atoms with Gasteiger partial charge in [0, 0.05) is 11.4 Å². The topological polar surface area (TPSA) is 29.3 Å². The molecule has 0 aliphatic rings. The fourth-order valence-corrected chi connectivity index (χ4v) is 3.04. The first-order chi connectivity index (χ1) is 7.24. The lowest BCUT2D eigenvalue weighted by molar-refractivity contribution is 0.215. The Morgan fingerprint density at radius 1 is 1.47 bits per heavy atom. The van der Waals surface area contributed by atoms with Gasteiger partial charge in [-0.25, -0.2) is 0 Å². The summed E-state index contributed by atoms with van der Waals surface area (Å²) in [6, 6.07) is 2.59. The van der Waals surface area contributed by atoms with Crippen LogP contribution in [0, 0.1) is 6.92 Å². The molecule has 0 amide bonds. The van der Waals surface area contributed by atoms with Crippen LogP contribution in [-0.2, 0) is 0 Å².